The zero-order valence-corrected chi connectivity index (χ0v) is 14.5. The number of ether oxygens (including phenoxy) is 1. The summed E-state index contributed by atoms with van der Waals surface area (Å²) < 4.78 is 32.6. The van der Waals surface area contributed by atoms with Crippen LogP contribution in [0.25, 0.3) is 0 Å². The summed E-state index contributed by atoms with van der Waals surface area (Å²) in [5.74, 6) is 0.0669. The normalized spacial score (nSPS) is 13.4. The molecule has 0 aromatic heterocycles. The number of nitrogens with two attached hydrogens (primary N) is 1. The summed E-state index contributed by atoms with van der Waals surface area (Å²) in [5.41, 5.74) is 5.97. The minimum absolute atomic E-state index is 0.0452. The van der Waals surface area contributed by atoms with Gasteiger partial charge in [-0.05, 0) is 18.1 Å². The van der Waals surface area contributed by atoms with E-state index in [1.807, 2.05) is 13.8 Å². The van der Waals surface area contributed by atoms with Gasteiger partial charge in [-0.15, -0.1) is 0 Å². The third-order valence-corrected chi connectivity index (χ3v) is 5.17. The Morgan fingerprint density at radius 2 is 2.10 bits per heavy atom. The minimum Gasteiger partial charge on any atom is -0.389 e. The Hall–Kier alpha value is -0.730. The zero-order chi connectivity index (χ0) is 16.2. The second kappa shape index (κ2) is 7.51. The van der Waals surface area contributed by atoms with E-state index < -0.39 is 10.0 Å². The lowest BCUT2D eigenvalue weighted by molar-refractivity contribution is 0.157. The number of hydrogen-bond donors (Lipinski definition) is 2. The maximum absolute atomic E-state index is 12.5. The molecular weight excluding hydrogens is 332 g/mol. The van der Waals surface area contributed by atoms with Crippen LogP contribution in [-0.2, 0) is 14.8 Å². The van der Waals surface area contributed by atoms with E-state index in [1.54, 1.807) is 6.07 Å². The summed E-state index contributed by atoms with van der Waals surface area (Å²) in [7, 11) is -2.27. The number of thiocarbonyl (C=S) groups is 1. The highest BCUT2D eigenvalue weighted by Crippen LogP contribution is 2.23. The van der Waals surface area contributed by atoms with E-state index in [0.29, 0.717) is 5.56 Å². The van der Waals surface area contributed by atoms with Gasteiger partial charge in [0.15, 0.2) is 0 Å². The molecule has 3 N–H and O–H groups in total. The number of nitrogens with one attached hydrogen (secondary N) is 1. The molecule has 0 saturated carbocycles. The molecule has 1 aromatic carbocycles. The fraction of sp³-hybridized carbons (Fsp3) is 0.462. The molecule has 0 bridgehead atoms. The largest absolute Gasteiger partial charge is 0.389 e. The number of methoxy groups -OCH3 is 1. The summed E-state index contributed by atoms with van der Waals surface area (Å²) >= 11 is 10.8. The Kier molecular flexibility index (Phi) is 6.55. The molecule has 0 saturated heterocycles. The maximum atomic E-state index is 12.5. The van der Waals surface area contributed by atoms with Crippen LogP contribution >= 0.6 is 23.8 Å². The van der Waals surface area contributed by atoms with Gasteiger partial charge in [0.25, 0.3) is 0 Å². The van der Waals surface area contributed by atoms with E-state index in [9.17, 15) is 8.42 Å². The first-order valence-corrected chi connectivity index (χ1v) is 8.56. The summed E-state index contributed by atoms with van der Waals surface area (Å²) in [6, 6.07) is 4.06. The molecule has 0 heterocycles. The standard InChI is InChI=1S/C13H19ClN2O3S2/c1-8(2)11(7-19-3)16-21(17,18)12-6-9(13(15)20)4-5-10(12)14/h4-6,8,11,16H,7H2,1-3H3,(H2,15,20). The highest BCUT2D eigenvalue weighted by atomic mass is 35.5. The van der Waals surface area contributed by atoms with Gasteiger partial charge in [0.05, 0.1) is 11.6 Å². The van der Waals surface area contributed by atoms with Crippen LogP contribution in [0.1, 0.15) is 19.4 Å². The SMILES string of the molecule is COCC(NS(=O)(=O)c1cc(C(N)=S)ccc1Cl)C(C)C. The van der Waals surface area contributed by atoms with Crippen molar-refractivity contribution >= 4 is 38.8 Å². The van der Waals surface area contributed by atoms with E-state index in [2.05, 4.69) is 4.72 Å². The Morgan fingerprint density at radius 1 is 1.48 bits per heavy atom. The average Bonchev–Trinajstić information content (AvgIpc) is 2.37. The van der Waals surface area contributed by atoms with E-state index in [4.69, 9.17) is 34.3 Å². The molecule has 0 spiro atoms. The lowest BCUT2D eigenvalue weighted by atomic mass is 10.1. The van der Waals surface area contributed by atoms with Crippen LogP contribution in [0.2, 0.25) is 5.02 Å². The Bertz CT molecular complexity index is 618. The number of hydrogen-bond acceptors (Lipinski definition) is 4. The van der Waals surface area contributed by atoms with Crippen LogP contribution in [0.15, 0.2) is 23.1 Å². The van der Waals surface area contributed by atoms with Gasteiger partial charge in [-0.2, -0.15) is 0 Å². The quantitative estimate of drug-likeness (QED) is 0.734. The molecule has 0 aliphatic heterocycles. The number of benzene rings is 1. The second-order valence-corrected chi connectivity index (χ2v) is 7.47. The highest BCUT2D eigenvalue weighted by Gasteiger charge is 2.25. The van der Waals surface area contributed by atoms with Gasteiger partial charge in [-0.3, -0.25) is 0 Å². The fourth-order valence-electron chi connectivity index (χ4n) is 1.67. The maximum Gasteiger partial charge on any atom is 0.242 e. The van der Waals surface area contributed by atoms with Gasteiger partial charge >= 0.3 is 0 Å². The van der Waals surface area contributed by atoms with E-state index in [-0.39, 0.29) is 33.5 Å². The third-order valence-electron chi connectivity index (χ3n) is 2.96. The number of sulfonamides is 1. The van der Waals surface area contributed by atoms with Crippen molar-refractivity contribution in [1.82, 2.24) is 4.72 Å². The first kappa shape index (κ1) is 18.3. The van der Waals surface area contributed by atoms with Crippen molar-refractivity contribution in [3.8, 4) is 0 Å². The minimum atomic E-state index is -3.79. The second-order valence-electron chi connectivity index (χ2n) is 4.94. The smallest absolute Gasteiger partial charge is 0.242 e. The van der Waals surface area contributed by atoms with Crippen molar-refractivity contribution in [2.45, 2.75) is 24.8 Å². The van der Waals surface area contributed by atoms with Crippen molar-refractivity contribution in [2.24, 2.45) is 11.7 Å². The topological polar surface area (TPSA) is 81.4 Å². The summed E-state index contributed by atoms with van der Waals surface area (Å²) in [6.07, 6.45) is 0. The molecule has 0 fully saturated rings. The Labute approximate surface area is 135 Å². The Morgan fingerprint density at radius 3 is 2.57 bits per heavy atom. The number of halogens is 1. The average molecular weight is 351 g/mol. The molecule has 1 aromatic rings. The lowest BCUT2D eigenvalue weighted by Crippen LogP contribution is -2.41. The van der Waals surface area contributed by atoms with E-state index >= 15 is 0 Å². The van der Waals surface area contributed by atoms with Crippen molar-refractivity contribution in [3.05, 3.63) is 28.8 Å². The molecule has 1 unspecified atom stereocenters. The molecule has 5 nitrogen and oxygen atoms in total. The van der Waals surface area contributed by atoms with Crippen LogP contribution in [0.4, 0.5) is 0 Å². The fourth-order valence-corrected chi connectivity index (χ4v) is 3.69. The summed E-state index contributed by atoms with van der Waals surface area (Å²) in [5, 5.41) is 0.113. The van der Waals surface area contributed by atoms with Crippen molar-refractivity contribution < 1.29 is 13.2 Å². The number of rotatable bonds is 7. The Balaban J connectivity index is 3.18. The highest BCUT2D eigenvalue weighted by molar-refractivity contribution is 7.89. The molecule has 21 heavy (non-hydrogen) atoms. The molecule has 0 aliphatic carbocycles. The first-order valence-electron chi connectivity index (χ1n) is 6.29. The van der Waals surface area contributed by atoms with Gasteiger partial charge in [0, 0.05) is 18.7 Å². The van der Waals surface area contributed by atoms with Crippen molar-refractivity contribution in [1.29, 1.82) is 0 Å². The molecular formula is C13H19ClN2O3S2. The van der Waals surface area contributed by atoms with Crippen molar-refractivity contribution in [3.63, 3.8) is 0 Å². The summed E-state index contributed by atoms with van der Waals surface area (Å²) in [4.78, 5) is 0.0663. The predicted molar refractivity (Wildman–Crippen MR) is 88.2 cm³/mol. The lowest BCUT2D eigenvalue weighted by Gasteiger charge is -2.22. The van der Waals surface area contributed by atoms with Crippen LogP contribution in [-0.4, -0.2) is 33.2 Å². The summed E-state index contributed by atoms with van der Waals surface area (Å²) in [6.45, 7) is 4.07. The molecule has 0 radical (unpaired) electrons. The molecule has 8 heteroatoms. The first-order chi connectivity index (χ1) is 9.69. The molecule has 1 atom stereocenters. The molecule has 118 valence electrons. The van der Waals surface area contributed by atoms with Gasteiger partial charge in [0.1, 0.15) is 9.88 Å². The third kappa shape index (κ3) is 4.89. The van der Waals surface area contributed by atoms with E-state index in [1.165, 1.54) is 19.2 Å². The predicted octanol–water partition coefficient (Wildman–Crippen LogP) is 1.92. The van der Waals surface area contributed by atoms with Crippen LogP contribution in [0, 0.1) is 5.92 Å². The van der Waals surface area contributed by atoms with Gasteiger partial charge in [-0.1, -0.05) is 43.7 Å². The van der Waals surface area contributed by atoms with Crippen LogP contribution < -0.4 is 10.5 Å². The van der Waals surface area contributed by atoms with Crippen LogP contribution in [0.5, 0.6) is 0 Å². The van der Waals surface area contributed by atoms with Gasteiger partial charge in [-0.25, -0.2) is 13.1 Å². The molecule has 0 aliphatic rings. The van der Waals surface area contributed by atoms with Crippen LogP contribution in [0.3, 0.4) is 0 Å². The van der Waals surface area contributed by atoms with Gasteiger partial charge in [0.2, 0.25) is 10.0 Å². The van der Waals surface area contributed by atoms with E-state index in [0.717, 1.165) is 0 Å². The van der Waals surface area contributed by atoms with Gasteiger partial charge < -0.3 is 10.5 Å². The monoisotopic (exact) mass is 350 g/mol. The van der Waals surface area contributed by atoms with Crippen molar-refractivity contribution in [2.75, 3.05) is 13.7 Å². The molecule has 1 rings (SSSR count). The molecule has 0 amide bonds. The zero-order valence-electron chi connectivity index (χ0n) is 12.1.